The molecule has 3 aromatic rings. The molecule has 0 amide bonds. The minimum Gasteiger partial charge on any atom is -0.497 e. The summed E-state index contributed by atoms with van der Waals surface area (Å²) in [6.07, 6.45) is 0.108. The molecule has 3 aromatic carbocycles. The molecule has 5 unspecified atom stereocenters. The van der Waals surface area contributed by atoms with Crippen LogP contribution in [0.25, 0.3) is 0 Å². The van der Waals surface area contributed by atoms with Crippen LogP contribution in [0.15, 0.2) is 84.9 Å². The molecule has 4 nitrogen and oxygen atoms in total. The van der Waals surface area contributed by atoms with Gasteiger partial charge >= 0.3 is 0 Å². The summed E-state index contributed by atoms with van der Waals surface area (Å²) in [6, 6.07) is 29.7. The average Bonchev–Trinajstić information content (AvgIpc) is 2.92. The number of hydrogen-bond donors (Lipinski definition) is 0. The van der Waals surface area contributed by atoms with Gasteiger partial charge in [-0.1, -0.05) is 107 Å². The molecule has 4 rings (SSSR count). The fourth-order valence-corrected chi connectivity index (χ4v) is 10.4. The van der Waals surface area contributed by atoms with Gasteiger partial charge in [0.15, 0.2) is 0 Å². The Morgan fingerprint density at radius 3 is 1.82 bits per heavy atom. The van der Waals surface area contributed by atoms with Gasteiger partial charge in [0, 0.05) is 11.8 Å². The molecule has 204 valence electrons. The fourth-order valence-electron chi connectivity index (χ4n) is 5.86. The maximum Gasteiger partial charge on any atom is 0.261 e. The number of methoxy groups -OCH3 is 1. The van der Waals surface area contributed by atoms with Gasteiger partial charge < -0.3 is 18.6 Å². The van der Waals surface area contributed by atoms with E-state index in [-0.39, 0.29) is 35.2 Å². The lowest BCUT2D eigenvalue weighted by molar-refractivity contribution is -0.186. The summed E-state index contributed by atoms with van der Waals surface area (Å²) in [4.78, 5) is 0. The van der Waals surface area contributed by atoms with Crippen molar-refractivity contribution < 1.29 is 18.6 Å². The lowest BCUT2D eigenvalue weighted by atomic mass is 9.83. The van der Waals surface area contributed by atoms with Crippen LogP contribution in [0, 0.1) is 11.8 Å². The van der Waals surface area contributed by atoms with E-state index >= 15 is 0 Å². The van der Waals surface area contributed by atoms with Crippen molar-refractivity contribution in [2.75, 3.05) is 13.7 Å². The van der Waals surface area contributed by atoms with Gasteiger partial charge in [-0.3, -0.25) is 0 Å². The fraction of sp³-hybridized carbons (Fsp3) is 0.455. The zero-order valence-electron chi connectivity index (χ0n) is 24.0. The molecule has 0 aliphatic carbocycles. The summed E-state index contributed by atoms with van der Waals surface area (Å²) in [5.41, 5.74) is 1.14. The van der Waals surface area contributed by atoms with Gasteiger partial charge in [0.2, 0.25) is 0 Å². The Morgan fingerprint density at radius 2 is 1.32 bits per heavy atom. The van der Waals surface area contributed by atoms with E-state index < -0.39 is 8.32 Å². The summed E-state index contributed by atoms with van der Waals surface area (Å²) < 4.78 is 25.7. The van der Waals surface area contributed by atoms with Gasteiger partial charge in [0.1, 0.15) is 5.75 Å². The SMILES string of the molecule is COc1ccc(COC2C(C)C(C)OC(CO[Si](c3ccccc3)(c3ccccc3)C(C)(C)C)C2C)cc1. The third kappa shape index (κ3) is 5.91. The van der Waals surface area contributed by atoms with Gasteiger partial charge in [0.05, 0.1) is 38.6 Å². The number of ether oxygens (including phenoxy) is 3. The molecule has 0 radical (unpaired) electrons. The lowest BCUT2D eigenvalue weighted by Gasteiger charge is -2.47. The smallest absolute Gasteiger partial charge is 0.261 e. The first-order chi connectivity index (χ1) is 18.2. The Labute approximate surface area is 230 Å². The Kier molecular flexibility index (Phi) is 9.14. The molecule has 0 aromatic heterocycles. The molecule has 0 saturated carbocycles. The molecular weight excluding hydrogens is 488 g/mol. The van der Waals surface area contributed by atoms with E-state index in [0.29, 0.717) is 13.2 Å². The van der Waals surface area contributed by atoms with Crippen LogP contribution < -0.4 is 15.1 Å². The maximum atomic E-state index is 7.24. The molecule has 1 aliphatic rings. The van der Waals surface area contributed by atoms with Gasteiger partial charge in [-0.2, -0.15) is 0 Å². The summed E-state index contributed by atoms with van der Waals surface area (Å²) in [7, 11) is -0.949. The number of hydrogen-bond acceptors (Lipinski definition) is 4. The molecule has 1 saturated heterocycles. The predicted octanol–water partition coefficient (Wildman–Crippen LogP) is 6.22. The summed E-state index contributed by atoms with van der Waals surface area (Å²) in [5, 5.41) is 2.50. The number of rotatable bonds is 9. The molecule has 0 N–H and O–H groups in total. The molecule has 0 spiro atoms. The van der Waals surface area contributed by atoms with E-state index in [9.17, 15) is 0 Å². The summed E-state index contributed by atoms with van der Waals surface area (Å²) in [6.45, 7) is 14.7. The van der Waals surface area contributed by atoms with E-state index in [1.807, 2.05) is 12.1 Å². The first-order valence-corrected chi connectivity index (χ1v) is 15.7. The van der Waals surface area contributed by atoms with Crippen LogP contribution in [0.4, 0.5) is 0 Å². The molecule has 1 heterocycles. The van der Waals surface area contributed by atoms with Crippen molar-refractivity contribution in [3.8, 4) is 5.75 Å². The highest BCUT2D eigenvalue weighted by atomic mass is 28.4. The van der Waals surface area contributed by atoms with Crippen molar-refractivity contribution in [1.29, 1.82) is 0 Å². The van der Waals surface area contributed by atoms with Crippen molar-refractivity contribution in [2.45, 2.75) is 71.5 Å². The van der Waals surface area contributed by atoms with Crippen LogP contribution in [0.3, 0.4) is 0 Å². The van der Waals surface area contributed by atoms with Crippen molar-refractivity contribution >= 4 is 18.7 Å². The van der Waals surface area contributed by atoms with Gasteiger partial charge in [-0.05, 0) is 40.0 Å². The van der Waals surface area contributed by atoms with Crippen LogP contribution in [0.1, 0.15) is 47.1 Å². The zero-order chi connectivity index (χ0) is 27.3. The second-order valence-electron chi connectivity index (χ2n) is 11.7. The van der Waals surface area contributed by atoms with Gasteiger partial charge in [-0.25, -0.2) is 0 Å². The molecule has 1 aliphatic heterocycles. The zero-order valence-corrected chi connectivity index (χ0v) is 25.0. The lowest BCUT2D eigenvalue weighted by Crippen LogP contribution is -2.67. The minimum absolute atomic E-state index is 0.0521. The van der Waals surface area contributed by atoms with E-state index in [1.54, 1.807) is 7.11 Å². The van der Waals surface area contributed by atoms with E-state index in [4.69, 9.17) is 18.6 Å². The van der Waals surface area contributed by atoms with Crippen LogP contribution in [-0.2, 0) is 20.5 Å². The van der Waals surface area contributed by atoms with E-state index in [1.165, 1.54) is 10.4 Å². The first kappa shape index (κ1) is 28.6. The molecule has 1 fully saturated rings. The first-order valence-electron chi connectivity index (χ1n) is 13.8. The Morgan fingerprint density at radius 1 is 0.763 bits per heavy atom. The van der Waals surface area contributed by atoms with Crippen LogP contribution >= 0.6 is 0 Å². The van der Waals surface area contributed by atoms with Crippen LogP contribution in [0.2, 0.25) is 5.04 Å². The number of benzene rings is 3. The van der Waals surface area contributed by atoms with Crippen LogP contribution in [0.5, 0.6) is 5.75 Å². The molecule has 38 heavy (non-hydrogen) atoms. The average molecular weight is 533 g/mol. The summed E-state index contributed by atoms with van der Waals surface area (Å²) in [5.74, 6) is 1.33. The topological polar surface area (TPSA) is 36.9 Å². The van der Waals surface area contributed by atoms with Crippen LogP contribution in [-0.4, -0.2) is 40.3 Å². The van der Waals surface area contributed by atoms with Crippen molar-refractivity contribution in [3.63, 3.8) is 0 Å². The van der Waals surface area contributed by atoms with Crippen molar-refractivity contribution in [3.05, 3.63) is 90.5 Å². The van der Waals surface area contributed by atoms with Crippen molar-refractivity contribution in [1.82, 2.24) is 0 Å². The van der Waals surface area contributed by atoms with Gasteiger partial charge in [-0.15, -0.1) is 0 Å². The Hall–Kier alpha value is -2.44. The molecule has 5 heteroatoms. The standard InChI is InChI=1S/C33H44O4Si/c1-24-26(3)37-31(25(2)32(24)35-22-27-18-20-28(34-7)21-19-27)23-36-38(33(4,5)6,29-14-10-8-11-15-29)30-16-12-9-13-17-30/h8-21,24-26,31-32H,22-23H2,1-7H3. The Bertz CT molecular complexity index is 1090. The Balaban J connectivity index is 1.57. The molecule has 5 atom stereocenters. The predicted molar refractivity (Wildman–Crippen MR) is 158 cm³/mol. The monoisotopic (exact) mass is 532 g/mol. The normalized spacial score (nSPS) is 24.2. The van der Waals surface area contributed by atoms with E-state index in [2.05, 4.69) is 114 Å². The highest BCUT2D eigenvalue weighted by Crippen LogP contribution is 2.39. The quantitative estimate of drug-likeness (QED) is 0.307. The van der Waals surface area contributed by atoms with E-state index in [0.717, 1.165) is 11.3 Å². The third-order valence-corrected chi connectivity index (χ3v) is 13.2. The molecule has 0 bridgehead atoms. The molecular formula is C33H44O4Si. The summed E-state index contributed by atoms with van der Waals surface area (Å²) >= 11 is 0. The minimum atomic E-state index is -2.64. The second-order valence-corrected chi connectivity index (χ2v) is 16.0. The second kappa shape index (κ2) is 12.2. The highest BCUT2D eigenvalue weighted by molar-refractivity contribution is 6.99. The maximum absolute atomic E-state index is 7.24. The highest BCUT2D eigenvalue weighted by Gasteiger charge is 2.51. The third-order valence-electron chi connectivity index (χ3n) is 8.24. The van der Waals surface area contributed by atoms with Gasteiger partial charge in [0.25, 0.3) is 8.32 Å². The van der Waals surface area contributed by atoms with Crippen molar-refractivity contribution in [2.24, 2.45) is 11.8 Å². The largest absolute Gasteiger partial charge is 0.497 e.